The van der Waals surface area contributed by atoms with Crippen LogP contribution in [0.15, 0.2) is 60.7 Å². The second-order valence-corrected chi connectivity index (χ2v) is 10.5. The van der Waals surface area contributed by atoms with Crippen molar-refractivity contribution >= 4 is 23.8 Å². The number of amides is 1. The van der Waals surface area contributed by atoms with Crippen LogP contribution in [0.4, 0.5) is 0 Å². The molecule has 0 spiro atoms. The van der Waals surface area contributed by atoms with Crippen molar-refractivity contribution in [1.29, 1.82) is 0 Å². The molecule has 3 aromatic rings. The monoisotopic (exact) mass is 573 g/mol. The van der Waals surface area contributed by atoms with Crippen molar-refractivity contribution in [2.75, 3.05) is 13.2 Å². The molecule has 10 nitrogen and oxygen atoms in total. The van der Waals surface area contributed by atoms with Crippen LogP contribution in [0.1, 0.15) is 89.8 Å². The summed E-state index contributed by atoms with van der Waals surface area (Å²) in [5.41, 5.74) is 0.429. The lowest BCUT2D eigenvalue weighted by atomic mass is 9.86. The summed E-state index contributed by atoms with van der Waals surface area (Å²) in [6, 6.07) is 16.3. The Bertz CT molecular complexity index is 1530. The number of aromatic carboxylic acids is 3. The number of carbonyl (C=O) groups excluding carboxylic acids is 1. The van der Waals surface area contributed by atoms with E-state index in [0.717, 1.165) is 54.5 Å². The summed E-state index contributed by atoms with van der Waals surface area (Å²) in [4.78, 5) is 51.8. The minimum absolute atomic E-state index is 0.0114. The van der Waals surface area contributed by atoms with Crippen LogP contribution >= 0.6 is 0 Å². The van der Waals surface area contributed by atoms with E-state index in [0.29, 0.717) is 25.4 Å². The zero-order chi connectivity index (χ0) is 29.8. The molecule has 0 saturated carbocycles. The van der Waals surface area contributed by atoms with Gasteiger partial charge in [-0.3, -0.25) is 4.79 Å². The lowest BCUT2D eigenvalue weighted by Crippen LogP contribution is -2.37. The molecule has 1 atom stereocenters. The van der Waals surface area contributed by atoms with Gasteiger partial charge in [0.05, 0.1) is 41.5 Å². The molecule has 1 amide bonds. The number of hydrogen-bond acceptors (Lipinski definition) is 6. The predicted molar refractivity (Wildman–Crippen MR) is 150 cm³/mol. The Hall–Kier alpha value is -4.70. The van der Waals surface area contributed by atoms with Gasteiger partial charge in [-0.15, -0.1) is 0 Å². The van der Waals surface area contributed by atoms with Crippen molar-refractivity contribution in [2.24, 2.45) is 0 Å². The molecular formula is C32H31NO9. The molecule has 0 bridgehead atoms. The van der Waals surface area contributed by atoms with Crippen LogP contribution in [0, 0.1) is 0 Å². The molecular weight excluding hydrogens is 542 g/mol. The summed E-state index contributed by atoms with van der Waals surface area (Å²) >= 11 is 0. The van der Waals surface area contributed by atoms with Gasteiger partial charge in [-0.05, 0) is 60.2 Å². The zero-order valence-electron chi connectivity index (χ0n) is 22.8. The fourth-order valence-electron chi connectivity index (χ4n) is 5.74. The molecule has 1 heterocycles. The highest BCUT2D eigenvalue weighted by molar-refractivity contribution is 6.10. The lowest BCUT2D eigenvalue weighted by molar-refractivity contribution is 0.0254. The van der Waals surface area contributed by atoms with E-state index < -0.39 is 46.5 Å². The van der Waals surface area contributed by atoms with E-state index in [1.807, 2.05) is 48.5 Å². The van der Waals surface area contributed by atoms with Gasteiger partial charge in [0.25, 0.3) is 5.91 Å². The second kappa shape index (κ2) is 12.4. The zero-order valence-corrected chi connectivity index (χ0v) is 22.8. The number of benzene rings is 3. The van der Waals surface area contributed by atoms with Gasteiger partial charge >= 0.3 is 17.9 Å². The molecule has 10 heteroatoms. The molecule has 3 aromatic carbocycles. The van der Waals surface area contributed by atoms with E-state index >= 15 is 0 Å². The van der Waals surface area contributed by atoms with Crippen LogP contribution in [0.5, 0.6) is 5.75 Å². The Morgan fingerprint density at radius 3 is 2.12 bits per heavy atom. The summed E-state index contributed by atoms with van der Waals surface area (Å²) < 4.78 is 11.6. The average Bonchev–Trinajstić information content (AvgIpc) is 2.99. The number of ether oxygens (including phenoxy) is 2. The minimum atomic E-state index is -1.60. The first-order valence-electron chi connectivity index (χ1n) is 13.8. The van der Waals surface area contributed by atoms with Gasteiger partial charge < -0.3 is 29.7 Å². The van der Waals surface area contributed by atoms with E-state index in [1.54, 1.807) is 4.90 Å². The fraction of sp³-hybridized carbons (Fsp3) is 0.312. The summed E-state index contributed by atoms with van der Waals surface area (Å²) in [5, 5.41) is 29.2. The predicted octanol–water partition coefficient (Wildman–Crippen LogP) is 5.06. The SMILES string of the molecule is O=C(O)c1cc(C(=O)O)c(C(=O)N(Cc2cccc(OC3CCOCC3)c2)[C@H]2CCCc3ccccc32)cc1C(=O)O. The van der Waals surface area contributed by atoms with Gasteiger partial charge in [0.15, 0.2) is 0 Å². The fourth-order valence-corrected chi connectivity index (χ4v) is 5.74. The lowest BCUT2D eigenvalue weighted by Gasteiger charge is -2.36. The summed E-state index contributed by atoms with van der Waals surface area (Å²) in [6.45, 7) is 1.34. The van der Waals surface area contributed by atoms with Crippen LogP contribution in [0.3, 0.4) is 0 Å². The van der Waals surface area contributed by atoms with E-state index in [-0.39, 0.29) is 18.2 Å². The van der Waals surface area contributed by atoms with Crippen molar-refractivity contribution in [1.82, 2.24) is 4.90 Å². The number of nitrogens with zero attached hydrogens (tertiary/aromatic N) is 1. The molecule has 42 heavy (non-hydrogen) atoms. The number of carbonyl (C=O) groups is 4. The molecule has 1 aliphatic heterocycles. The largest absolute Gasteiger partial charge is 0.490 e. The number of hydrogen-bond donors (Lipinski definition) is 3. The number of rotatable bonds is 9. The van der Waals surface area contributed by atoms with Crippen molar-refractivity contribution in [3.05, 3.63) is 99.6 Å². The number of aryl methyl sites for hydroxylation is 1. The number of carboxylic acids is 3. The highest BCUT2D eigenvalue weighted by Gasteiger charge is 2.34. The van der Waals surface area contributed by atoms with Crippen LogP contribution in [-0.2, 0) is 17.7 Å². The molecule has 0 aromatic heterocycles. The van der Waals surface area contributed by atoms with Gasteiger partial charge in [0.1, 0.15) is 11.9 Å². The molecule has 1 fully saturated rings. The summed E-state index contributed by atoms with van der Waals surface area (Å²) in [5.74, 6) is -4.78. The first-order chi connectivity index (χ1) is 20.2. The maximum absolute atomic E-state index is 14.3. The third-order valence-corrected chi connectivity index (χ3v) is 7.78. The smallest absolute Gasteiger partial charge is 0.336 e. The average molecular weight is 574 g/mol. The third kappa shape index (κ3) is 6.13. The number of carboxylic acid groups (broad SMARTS) is 3. The van der Waals surface area contributed by atoms with E-state index in [2.05, 4.69) is 0 Å². The maximum Gasteiger partial charge on any atom is 0.336 e. The first kappa shape index (κ1) is 28.8. The van der Waals surface area contributed by atoms with Crippen LogP contribution in [0.2, 0.25) is 0 Å². The van der Waals surface area contributed by atoms with E-state index in [1.165, 1.54) is 0 Å². The van der Waals surface area contributed by atoms with Gasteiger partial charge in [0, 0.05) is 19.4 Å². The van der Waals surface area contributed by atoms with Gasteiger partial charge in [-0.25, -0.2) is 14.4 Å². The molecule has 218 valence electrons. The van der Waals surface area contributed by atoms with Gasteiger partial charge in [0.2, 0.25) is 0 Å². The van der Waals surface area contributed by atoms with Crippen molar-refractivity contribution in [3.8, 4) is 5.75 Å². The molecule has 0 radical (unpaired) electrons. The molecule has 3 N–H and O–H groups in total. The minimum Gasteiger partial charge on any atom is -0.490 e. The van der Waals surface area contributed by atoms with Crippen LogP contribution in [0.25, 0.3) is 0 Å². The van der Waals surface area contributed by atoms with Crippen molar-refractivity contribution in [3.63, 3.8) is 0 Å². The Morgan fingerprint density at radius 2 is 1.43 bits per heavy atom. The molecule has 0 unspecified atom stereocenters. The van der Waals surface area contributed by atoms with Crippen molar-refractivity contribution < 1.29 is 44.0 Å². The highest BCUT2D eigenvalue weighted by Crippen LogP contribution is 2.37. The van der Waals surface area contributed by atoms with Gasteiger partial charge in [-0.1, -0.05) is 36.4 Å². The Kier molecular flexibility index (Phi) is 8.53. The quantitative estimate of drug-likeness (QED) is 0.319. The Balaban J connectivity index is 1.58. The van der Waals surface area contributed by atoms with E-state index in [4.69, 9.17) is 9.47 Å². The van der Waals surface area contributed by atoms with Crippen LogP contribution < -0.4 is 4.74 Å². The van der Waals surface area contributed by atoms with E-state index in [9.17, 15) is 34.5 Å². The molecule has 1 saturated heterocycles. The maximum atomic E-state index is 14.3. The normalized spacial score (nSPS) is 16.7. The first-order valence-corrected chi connectivity index (χ1v) is 13.8. The summed E-state index contributed by atoms with van der Waals surface area (Å²) in [7, 11) is 0. The number of fused-ring (bicyclic) bond motifs is 1. The van der Waals surface area contributed by atoms with Crippen molar-refractivity contribution in [2.45, 2.75) is 50.8 Å². The van der Waals surface area contributed by atoms with Gasteiger partial charge in [-0.2, -0.15) is 0 Å². The Labute approximate surface area is 242 Å². The third-order valence-electron chi connectivity index (χ3n) is 7.78. The molecule has 1 aliphatic carbocycles. The topological polar surface area (TPSA) is 151 Å². The highest BCUT2D eigenvalue weighted by atomic mass is 16.5. The molecule has 5 rings (SSSR count). The summed E-state index contributed by atoms with van der Waals surface area (Å²) in [6.07, 6.45) is 3.79. The second-order valence-electron chi connectivity index (χ2n) is 10.5. The standard InChI is InChI=1S/C32H31NO9/c34-29(24-16-26(31(37)38)27(32(39)40)17-25(24)30(35)36)33(28-10-4-7-20-6-1-2-9-23(20)28)18-19-5-3-8-22(15-19)42-21-11-13-41-14-12-21/h1-3,5-6,8-9,15-17,21,28H,4,7,10-14,18H2,(H,35,36)(H,37,38)(H,39,40)/t28-/m0/s1. The molecule has 2 aliphatic rings. The van der Waals surface area contributed by atoms with Crippen LogP contribution in [-0.4, -0.2) is 63.4 Å². The Morgan fingerprint density at radius 1 is 0.786 bits per heavy atom.